The Bertz CT molecular complexity index is 393. The summed E-state index contributed by atoms with van der Waals surface area (Å²) < 4.78 is 0. The minimum atomic E-state index is -0.142. The highest BCUT2D eigenvalue weighted by molar-refractivity contribution is 5.46. The van der Waals surface area contributed by atoms with Gasteiger partial charge in [-0.25, -0.2) is 0 Å². The highest BCUT2D eigenvalue weighted by atomic mass is 16.3. The average molecular weight is 289 g/mol. The lowest BCUT2D eigenvalue weighted by Gasteiger charge is -2.40. The van der Waals surface area contributed by atoms with Crippen LogP contribution in [-0.2, 0) is 0 Å². The Hall–Kier alpha value is -1.02. The predicted molar refractivity (Wildman–Crippen MR) is 90.6 cm³/mol. The lowest BCUT2D eigenvalue weighted by atomic mass is 9.73. The average Bonchev–Trinajstić information content (AvgIpc) is 2.46. The molecule has 0 radical (unpaired) electrons. The van der Waals surface area contributed by atoms with Crippen LogP contribution in [0.15, 0.2) is 30.3 Å². The molecule has 2 heteroatoms. The summed E-state index contributed by atoms with van der Waals surface area (Å²) in [5.41, 5.74) is 1.30. The zero-order chi connectivity index (χ0) is 15.2. The minimum Gasteiger partial charge on any atom is -0.393 e. The molecule has 4 atom stereocenters. The van der Waals surface area contributed by atoms with Crippen molar-refractivity contribution in [1.82, 2.24) is 0 Å². The molecule has 0 bridgehead atoms. The molecule has 2 rings (SSSR count). The summed E-state index contributed by atoms with van der Waals surface area (Å²) in [4.78, 5) is 2.48. The van der Waals surface area contributed by atoms with E-state index in [0.717, 1.165) is 19.5 Å². The second-order valence-electron chi connectivity index (χ2n) is 6.92. The summed E-state index contributed by atoms with van der Waals surface area (Å²) in [5.74, 6) is 1.67. The van der Waals surface area contributed by atoms with Crippen molar-refractivity contribution in [2.75, 3.05) is 18.0 Å². The standard InChI is InChI=1S/C19H31NO/c1-4-5-11-20(17-9-7-6-8-10-17)14-18-16(3)12-15(2)13-19(18)21/h6-10,15-16,18-19,21H,4-5,11-14H2,1-3H3. The fourth-order valence-electron chi connectivity index (χ4n) is 3.74. The lowest BCUT2D eigenvalue weighted by Crippen LogP contribution is -2.43. The molecule has 1 aliphatic rings. The van der Waals surface area contributed by atoms with Crippen molar-refractivity contribution in [3.8, 4) is 0 Å². The Morgan fingerprint density at radius 1 is 1.14 bits per heavy atom. The normalized spacial score (nSPS) is 29.3. The van der Waals surface area contributed by atoms with Crippen molar-refractivity contribution in [1.29, 1.82) is 0 Å². The van der Waals surface area contributed by atoms with Crippen LogP contribution in [-0.4, -0.2) is 24.3 Å². The summed E-state index contributed by atoms with van der Waals surface area (Å²) in [6.07, 6.45) is 4.49. The molecular weight excluding hydrogens is 258 g/mol. The van der Waals surface area contributed by atoms with E-state index in [0.29, 0.717) is 17.8 Å². The molecule has 4 unspecified atom stereocenters. The fourth-order valence-corrected chi connectivity index (χ4v) is 3.74. The summed E-state index contributed by atoms with van der Waals surface area (Å²) in [6, 6.07) is 10.7. The van der Waals surface area contributed by atoms with E-state index in [4.69, 9.17) is 0 Å². The SMILES string of the molecule is CCCCN(CC1C(C)CC(C)CC1O)c1ccccc1. The van der Waals surface area contributed by atoms with Gasteiger partial charge in [-0.1, -0.05) is 45.4 Å². The molecule has 0 heterocycles. The van der Waals surface area contributed by atoms with Crippen molar-refractivity contribution in [3.05, 3.63) is 30.3 Å². The van der Waals surface area contributed by atoms with Gasteiger partial charge in [0.15, 0.2) is 0 Å². The van der Waals surface area contributed by atoms with Gasteiger partial charge in [-0.3, -0.25) is 0 Å². The van der Waals surface area contributed by atoms with E-state index in [2.05, 4.69) is 56.0 Å². The van der Waals surface area contributed by atoms with Gasteiger partial charge < -0.3 is 10.0 Å². The molecule has 2 nitrogen and oxygen atoms in total. The minimum absolute atomic E-state index is 0.142. The van der Waals surface area contributed by atoms with E-state index in [9.17, 15) is 5.11 Å². The first-order chi connectivity index (χ1) is 10.1. The molecule has 21 heavy (non-hydrogen) atoms. The maximum Gasteiger partial charge on any atom is 0.0590 e. The fraction of sp³-hybridized carbons (Fsp3) is 0.684. The summed E-state index contributed by atoms with van der Waals surface area (Å²) in [6.45, 7) is 8.89. The van der Waals surface area contributed by atoms with Crippen LogP contribution in [0.2, 0.25) is 0 Å². The van der Waals surface area contributed by atoms with Gasteiger partial charge in [-0.15, -0.1) is 0 Å². The zero-order valence-electron chi connectivity index (χ0n) is 13.8. The molecule has 0 aliphatic heterocycles. The van der Waals surface area contributed by atoms with Gasteiger partial charge in [-0.2, -0.15) is 0 Å². The number of unbranched alkanes of at least 4 members (excludes halogenated alkanes) is 1. The first kappa shape index (κ1) is 16.4. The van der Waals surface area contributed by atoms with Crippen LogP contribution in [0, 0.1) is 17.8 Å². The van der Waals surface area contributed by atoms with E-state index >= 15 is 0 Å². The quantitative estimate of drug-likeness (QED) is 0.842. The van der Waals surface area contributed by atoms with Crippen LogP contribution >= 0.6 is 0 Å². The molecule has 0 amide bonds. The van der Waals surface area contributed by atoms with Gasteiger partial charge in [0.1, 0.15) is 0 Å². The zero-order valence-corrected chi connectivity index (χ0v) is 13.8. The lowest BCUT2D eigenvalue weighted by molar-refractivity contribution is 0.0200. The van der Waals surface area contributed by atoms with Crippen LogP contribution in [0.3, 0.4) is 0 Å². The summed E-state index contributed by atoms with van der Waals surface area (Å²) >= 11 is 0. The molecule has 118 valence electrons. The Kier molecular flexibility index (Phi) is 6.10. The second-order valence-corrected chi connectivity index (χ2v) is 6.92. The predicted octanol–water partition coefficient (Wildman–Crippen LogP) is 4.34. The van der Waals surface area contributed by atoms with Crippen molar-refractivity contribution >= 4 is 5.69 Å². The van der Waals surface area contributed by atoms with Crippen LogP contribution in [0.4, 0.5) is 5.69 Å². The van der Waals surface area contributed by atoms with E-state index in [1.807, 2.05) is 0 Å². The van der Waals surface area contributed by atoms with E-state index in [-0.39, 0.29) is 6.10 Å². The number of aliphatic hydroxyl groups is 1. The monoisotopic (exact) mass is 289 g/mol. The summed E-state index contributed by atoms with van der Waals surface area (Å²) in [7, 11) is 0. The molecule has 1 fully saturated rings. The molecule has 0 spiro atoms. The number of hydrogen-bond donors (Lipinski definition) is 1. The summed E-state index contributed by atoms with van der Waals surface area (Å²) in [5, 5.41) is 10.5. The van der Waals surface area contributed by atoms with Crippen LogP contribution in [0.5, 0.6) is 0 Å². The van der Waals surface area contributed by atoms with Crippen molar-refractivity contribution in [2.45, 2.75) is 52.6 Å². The maximum atomic E-state index is 10.5. The smallest absolute Gasteiger partial charge is 0.0590 e. The van der Waals surface area contributed by atoms with E-state index in [1.54, 1.807) is 0 Å². The van der Waals surface area contributed by atoms with Gasteiger partial charge in [0.2, 0.25) is 0 Å². The van der Waals surface area contributed by atoms with Crippen molar-refractivity contribution in [3.63, 3.8) is 0 Å². The van der Waals surface area contributed by atoms with Crippen LogP contribution in [0.25, 0.3) is 0 Å². The molecule has 1 aliphatic carbocycles. The van der Waals surface area contributed by atoms with Gasteiger partial charge in [0.25, 0.3) is 0 Å². The Morgan fingerprint density at radius 2 is 1.86 bits per heavy atom. The first-order valence-electron chi connectivity index (χ1n) is 8.59. The molecule has 1 saturated carbocycles. The molecular formula is C19H31NO. The van der Waals surface area contributed by atoms with Gasteiger partial charge in [0, 0.05) is 24.7 Å². The molecule has 1 aromatic carbocycles. The third-order valence-electron chi connectivity index (χ3n) is 4.98. The van der Waals surface area contributed by atoms with E-state index < -0.39 is 0 Å². The third kappa shape index (κ3) is 4.47. The van der Waals surface area contributed by atoms with Crippen LogP contribution < -0.4 is 4.90 Å². The maximum absolute atomic E-state index is 10.5. The van der Waals surface area contributed by atoms with Crippen LogP contribution in [0.1, 0.15) is 46.5 Å². The highest BCUT2D eigenvalue weighted by Crippen LogP contribution is 2.35. The molecule has 1 N–H and O–H groups in total. The Balaban J connectivity index is 2.07. The first-order valence-corrected chi connectivity index (χ1v) is 8.59. The topological polar surface area (TPSA) is 23.5 Å². The number of aliphatic hydroxyl groups excluding tert-OH is 1. The molecule has 0 aromatic heterocycles. The largest absolute Gasteiger partial charge is 0.393 e. The number of benzene rings is 1. The number of hydrogen-bond acceptors (Lipinski definition) is 2. The van der Waals surface area contributed by atoms with Gasteiger partial charge in [-0.05, 0) is 43.2 Å². The number of nitrogens with zero attached hydrogens (tertiary/aromatic N) is 1. The van der Waals surface area contributed by atoms with Crippen molar-refractivity contribution < 1.29 is 5.11 Å². The van der Waals surface area contributed by atoms with E-state index in [1.165, 1.54) is 24.9 Å². The Labute approximate surface area is 130 Å². The molecule has 1 aromatic rings. The number of rotatable bonds is 6. The Morgan fingerprint density at radius 3 is 2.48 bits per heavy atom. The second kappa shape index (κ2) is 7.84. The number of para-hydroxylation sites is 1. The van der Waals surface area contributed by atoms with Crippen molar-refractivity contribution in [2.24, 2.45) is 17.8 Å². The molecule has 0 saturated heterocycles. The highest BCUT2D eigenvalue weighted by Gasteiger charge is 2.33. The third-order valence-corrected chi connectivity index (χ3v) is 4.98. The van der Waals surface area contributed by atoms with Gasteiger partial charge >= 0.3 is 0 Å². The van der Waals surface area contributed by atoms with Gasteiger partial charge in [0.05, 0.1) is 6.10 Å². The number of anilines is 1.